The fourth-order valence-electron chi connectivity index (χ4n) is 3.09. The predicted octanol–water partition coefficient (Wildman–Crippen LogP) is 1.23. The maximum atomic E-state index is 11.4. The highest BCUT2D eigenvalue weighted by Crippen LogP contribution is 2.32. The van der Waals surface area contributed by atoms with Crippen LogP contribution in [-0.4, -0.2) is 40.8 Å². The summed E-state index contributed by atoms with van der Waals surface area (Å²) >= 11 is 1.26. The Morgan fingerprint density at radius 3 is 2.40 bits per heavy atom. The molecule has 2 aliphatic heterocycles. The van der Waals surface area contributed by atoms with Crippen LogP contribution >= 0.6 is 11.7 Å². The minimum Gasteiger partial charge on any atom is -0.369 e. The van der Waals surface area contributed by atoms with Crippen LogP contribution in [0.25, 0.3) is 0 Å². The van der Waals surface area contributed by atoms with Crippen molar-refractivity contribution in [3.8, 4) is 0 Å². The molecule has 110 valence electrons. The molecule has 2 fully saturated rings. The number of nitrogens with zero attached hydrogens (tertiary/aromatic N) is 4. The highest BCUT2D eigenvalue weighted by molar-refractivity contribution is 6.99. The zero-order chi connectivity index (χ0) is 13.9. The molecule has 1 aromatic rings. The van der Waals surface area contributed by atoms with Crippen molar-refractivity contribution in [3.05, 3.63) is 0 Å². The van der Waals surface area contributed by atoms with Crippen LogP contribution in [0.1, 0.15) is 32.1 Å². The van der Waals surface area contributed by atoms with Crippen molar-refractivity contribution in [2.24, 2.45) is 11.7 Å². The molecule has 0 aliphatic carbocycles. The van der Waals surface area contributed by atoms with E-state index in [9.17, 15) is 4.79 Å². The van der Waals surface area contributed by atoms with Crippen LogP contribution < -0.4 is 15.5 Å². The molecule has 1 unspecified atom stereocenters. The number of amides is 1. The van der Waals surface area contributed by atoms with Crippen molar-refractivity contribution in [2.75, 3.05) is 36.0 Å². The number of carbonyl (C=O) groups excluding carboxylic acids is 1. The smallest absolute Gasteiger partial charge is 0.222 e. The second-order valence-electron chi connectivity index (χ2n) is 5.65. The molecule has 0 bridgehead atoms. The Kier molecular flexibility index (Phi) is 4.05. The van der Waals surface area contributed by atoms with E-state index < -0.39 is 0 Å². The molecule has 7 heteroatoms. The van der Waals surface area contributed by atoms with Gasteiger partial charge in [0.2, 0.25) is 5.91 Å². The lowest BCUT2D eigenvalue weighted by Gasteiger charge is -2.34. The Bertz CT molecular complexity index is 471. The average molecular weight is 295 g/mol. The maximum Gasteiger partial charge on any atom is 0.222 e. The van der Waals surface area contributed by atoms with E-state index in [1.54, 1.807) is 0 Å². The fraction of sp³-hybridized carbons (Fsp3) is 0.769. The van der Waals surface area contributed by atoms with Crippen LogP contribution in [0, 0.1) is 5.92 Å². The van der Waals surface area contributed by atoms with Gasteiger partial charge in [-0.05, 0) is 32.1 Å². The summed E-state index contributed by atoms with van der Waals surface area (Å²) in [4.78, 5) is 15.9. The molecule has 2 aliphatic rings. The van der Waals surface area contributed by atoms with Crippen LogP contribution in [0.4, 0.5) is 11.6 Å². The van der Waals surface area contributed by atoms with Crippen LogP contribution in [0.15, 0.2) is 0 Å². The van der Waals surface area contributed by atoms with Crippen molar-refractivity contribution in [1.82, 2.24) is 8.75 Å². The molecule has 20 heavy (non-hydrogen) atoms. The molecular formula is C13H21N5OS. The summed E-state index contributed by atoms with van der Waals surface area (Å²) in [7, 11) is 0. The Balaban J connectivity index is 1.76. The van der Waals surface area contributed by atoms with E-state index in [2.05, 4.69) is 18.5 Å². The van der Waals surface area contributed by atoms with Crippen LogP contribution in [0.5, 0.6) is 0 Å². The molecular weight excluding hydrogens is 274 g/mol. The number of aromatic nitrogens is 2. The van der Waals surface area contributed by atoms with Crippen LogP contribution in [0.3, 0.4) is 0 Å². The van der Waals surface area contributed by atoms with E-state index in [4.69, 9.17) is 5.73 Å². The maximum absolute atomic E-state index is 11.4. The van der Waals surface area contributed by atoms with E-state index in [-0.39, 0.29) is 11.8 Å². The van der Waals surface area contributed by atoms with Crippen molar-refractivity contribution in [1.29, 1.82) is 0 Å². The Labute approximate surface area is 123 Å². The number of primary amides is 1. The summed E-state index contributed by atoms with van der Waals surface area (Å²) in [5, 5.41) is 0. The highest BCUT2D eigenvalue weighted by atomic mass is 32.1. The largest absolute Gasteiger partial charge is 0.369 e. The second-order valence-corrected chi connectivity index (χ2v) is 6.18. The molecule has 3 heterocycles. The first-order valence-electron chi connectivity index (χ1n) is 7.37. The molecule has 0 saturated carbocycles. The lowest BCUT2D eigenvalue weighted by Crippen LogP contribution is -2.42. The van der Waals surface area contributed by atoms with Crippen molar-refractivity contribution < 1.29 is 4.79 Å². The third-order valence-corrected chi connectivity index (χ3v) is 4.74. The first-order valence-corrected chi connectivity index (χ1v) is 8.10. The minimum absolute atomic E-state index is 0.0559. The van der Waals surface area contributed by atoms with Gasteiger partial charge in [-0.1, -0.05) is 0 Å². The molecule has 2 N–H and O–H groups in total. The van der Waals surface area contributed by atoms with Gasteiger partial charge in [0.15, 0.2) is 11.6 Å². The van der Waals surface area contributed by atoms with E-state index in [1.807, 2.05) is 0 Å². The van der Waals surface area contributed by atoms with Gasteiger partial charge in [-0.3, -0.25) is 4.79 Å². The summed E-state index contributed by atoms with van der Waals surface area (Å²) in [5.74, 6) is 1.69. The number of anilines is 2. The summed E-state index contributed by atoms with van der Waals surface area (Å²) in [6.45, 7) is 3.74. The molecule has 6 nitrogen and oxygen atoms in total. The Hall–Kier alpha value is -1.37. The lowest BCUT2D eigenvalue weighted by atomic mass is 9.97. The van der Waals surface area contributed by atoms with Gasteiger partial charge < -0.3 is 15.5 Å². The third-order valence-electron chi connectivity index (χ3n) is 4.23. The number of piperidine rings is 2. The van der Waals surface area contributed by atoms with E-state index in [1.165, 1.54) is 31.0 Å². The number of carbonyl (C=O) groups is 1. The second kappa shape index (κ2) is 5.95. The lowest BCUT2D eigenvalue weighted by molar-refractivity contribution is -0.122. The zero-order valence-electron chi connectivity index (χ0n) is 11.6. The SMILES string of the molecule is NC(=O)C1CCCN(c2nsnc2N2CCCCC2)C1. The molecule has 2 saturated heterocycles. The van der Waals surface area contributed by atoms with Gasteiger partial charge in [-0.2, -0.15) is 8.75 Å². The molecule has 1 amide bonds. The van der Waals surface area contributed by atoms with Gasteiger partial charge in [-0.25, -0.2) is 0 Å². The summed E-state index contributed by atoms with van der Waals surface area (Å²) in [6.07, 6.45) is 5.63. The van der Waals surface area contributed by atoms with Crippen LogP contribution in [-0.2, 0) is 4.79 Å². The topological polar surface area (TPSA) is 75.4 Å². The summed E-state index contributed by atoms with van der Waals surface area (Å²) < 4.78 is 8.96. The standard InChI is InChI=1S/C13H21N5OS/c14-11(19)10-5-4-8-18(9-10)13-12(15-20-16-13)17-6-2-1-3-7-17/h10H,1-9H2,(H2,14,19). The molecule has 1 aromatic heterocycles. The van der Waals surface area contributed by atoms with Gasteiger partial charge in [-0.15, -0.1) is 0 Å². The first kappa shape index (κ1) is 13.6. The van der Waals surface area contributed by atoms with Crippen molar-refractivity contribution in [3.63, 3.8) is 0 Å². The van der Waals surface area contributed by atoms with Gasteiger partial charge in [0.1, 0.15) is 0 Å². The minimum atomic E-state index is -0.197. The summed E-state index contributed by atoms with van der Waals surface area (Å²) in [6, 6.07) is 0. The van der Waals surface area contributed by atoms with Gasteiger partial charge in [0.05, 0.1) is 17.6 Å². The average Bonchev–Trinajstić information content (AvgIpc) is 2.98. The third kappa shape index (κ3) is 2.72. The number of nitrogens with two attached hydrogens (primary N) is 1. The number of rotatable bonds is 3. The van der Waals surface area contributed by atoms with Gasteiger partial charge in [0, 0.05) is 26.2 Å². The molecule has 0 aromatic carbocycles. The van der Waals surface area contributed by atoms with Crippen molar-refractivity contribution in [2.45, 2.75) is 32.1 Å². The van der Waals surface area contributed by atoms with E-state index >= 15 is 0 Å². The highest BCUT2D eigenvalue weighted by Gasteiger charge is 2.29. The zero-order valence-corrected chi connectivity index (χ0v) is 12.4. The predicted molar refractivity (Wildman–Crippen MR) is 80.1 cm³/mol. The van der Waals surface area contributed by atoms with Crippen molar-refractivity contribution >= 4 is 29.3 Å². The van der Waals surface area contributed by atoms with Gasteiger partial charge >= 0.3 is 0 Å². The number of hydrogen-bond acceptors (Lipinski definition) is 6. The monoisotopic (exact) mass is 295 g/mol. The molecule has 1 atom stereocenters. The Morgan fingerprint density at radius 2 is 1.70 bits per heavy atom. The fourth-order valence-corrected chi connectivity index (χ4v) is 3.67. The van der Waals surface area contributed by atoms with E-state index in [0.717, 1.165) is 44.1 Å². The quantitative estimate of drug-likeness (QED) is 0.907. The molecule has 0 radical (unpaired) electrons. The van der Waals surface area contributed by atoms with E-state index in [0.29, 0.717) is 6.54 Å². The molecule has 0 spiro atoms. The first-order chi connectivity index (χ1) is 9.75. The normalized spacial score (nSPS) is 23.9. The Morgan fingerprint density at radius 1 is 1.05 bits per heavy atom. The van der Waals surface area contributed by atoms with Crippen LogP contribution in [0.2, 0.25) is 0 Å². The number of hydrogen-bond donors (Lipinski definition) is 1. The summed E-state index contributed by atoms with van der Waals surface area (Å²) in [5.41, 5.74) is 5.45. The molecule has 3 rings (SSSR count). The van der Waals surface area contributed by atoms with Gasteiger partial charge in [0.25, 0.3) is 0 Å².